The monoisotopic (exact) mass is 320 g/mol. The van der Waals surface area contributed by atoms with E-state index in [2.05, 4.69) is 0 Å². The van der Waals surface area contributed by atoms with Crippen LogP contribution in [-0.4, -0.2) is 13.3 Å². The van der Waals surface area contributed by atoms with Crippen LogP contribution >= 0.6 is 0 Å². The fourth-order valence-electron chi connectivity index (χ4n) is 0.532. The van der Waals surface area contributed by atoms with Gasteiger partial charge in [0.15, 0.2) is 0 Å². The molecule has 0 heterocycles. The number of carbonyl (C=O) groups is 1. The number of aldehydes is 1. The molecule has 0 saturated carbocycles. The van der Waals surface area contributed by atoms with Gasteiger partial charge in [-0.15, -0.1) is 0 Å². The molecule has 0 unspecified atom stereocenters. The number of benzene rings is 1. The molecule has 1 N–H and O–H groups in total. The van der Waals surface area contributed by atoms with Crippen molar-refractivity contribution in [1.29, 1.82) is 0 Å². The van der Waals surface area contributed by atoms with Crippen molar-refractivity contribution in [1.82, 2.24) is 0 Å². The quantitative estimate of drug-likeness (QED) is 0.731. The van der Waals surface area contributed by atoms with Gasteiger partial charge in [0.1, 0.15) is 6.29 Å². The second kappa shape index (κ2) is 9.54. The summed E-state index contributed by atoms with van der Waals surface area (Å²) in [7, 11) is 1.25. The third-order valence-electron chi connectivity index (χ3n) is 0.936. The standard InChI is InChI=1S/C7H6O.CH4N.W/c8-6-7-4-2-1-3-5-7;1-2;/h1-6H;2H,1H3;/q;-1;. The van der Waals surface area contributed by atoms with Crippen LogP contribution in [0.4, 0.5) is 0 Å². The van der Waals surface area contributed by atoms with Crippen molar-refractivity contribution in [2.75, 3.05) is 7.05 Å². The number of hydrogen-bond acceptors (Lipinski definition) is 1. The molecule has 0 aliphatic rings. The topological polar surface area (TPSA) is 40.9 Å². The van der Waals surface area contributed by atoms with Crippen molar-refractivity contribution in [3.05, 3.63) is 41.6 Å². The van der Waals surface area contributed by atoms with Crippen molar-refractivity contribution in [3.8, 4) is 0 Å². The molecule has 60 valence electrons. The Morgan fingerprint density at radius 1 is 1.18 bits per heavy atom. The summed E-state index contributed by atoms with van der Waals surface area (Å²) in [5, 5.41) is 0. The summed E-state index contributed by atoms with van der Waals surface area (Å²) >= 11 is 0. The second-order valence-electron chi connectivity index (χ2n) is 1.53. The Hall–Kier alpha value is -0.462. The molecule has 0 aliphatic carbocycles. The van der Waals surface area contributed by atoms with Crippen LogP contribution in [0, 0.1) is 0 Å². The summed E-state index contributed by atoms with van der Waals surface area (Å²) in [5.41, 5.74) is 6.48. The van der Waals surface area contributed by atoms with Crippen LogP contribution in [0.25, 0.3) is 5.73 Å². The van der Waals surface area contributed by atoms with E-state index in [1.807, 2.05) is 18.2 Å². The molecule has 11 heavy (non-hydrogen) atoms. The van der Waals surface area contributed by atoms with E-state index in [0.29, 0.717) is 0 Å². The van der Waals surface area contributed by atoms with E-state index in [4.69, 9.17) is 5.73 Å². The van der Waals surface area contributed by atoms with Gasteiger partial charge in [-0.25, -0.2) is 0 Å². The van der Waals surface area contributed by atoms with Gasteiger partial charge in [-0.3, -0.25) is 4.79 Å². The molecule has 0 fully saturated rings. The summed E-state index contributed by atoms with van der Waals surface area (Å²) in [4.78, 5) is 10.0. The van der Waals surface area contributed by atoms with Crippen molar-refractivity contribution in [3.63, 3.8) is 0 Å². The molecule has 3 heteroatoms. The van der Waals surface area contributed by atoms with Crippen molar-refractivity contribution >= 4 is 6.29 Å². The van der Waals surface area contributed by atoms with Gasteiger partial charge in [0.25, 0.3) is 0 Å². The largest absolute Gasteiger partial charge is 0.680 e. The number of nitrogens with one attached hydrogen (secondary N) is 1. The average molecular weight is 320 g/mol. The Labute approximate surface area is 81.1 Å². The SMILES string of the molecule is C[NH-].O=Cc1ccccc1.[W]. The molecule has 0 aliphatic heterocycles. The molecule has 0 spiro atoms. The zero-order chi connectivity index (χ0) is 7.82. The van der Waals surface area contributed by atoms with E-state index >= 15 is 0 Å². The molecule has 0 aromatic heterocycles. The fraction of sp³-hybridized carbons (Fsp3) is 0.125. The second-order valence-corrected chi connectivity index (χ2v) is 1.53. The smallest absolute Gasteiger partial charge is 0.150 e. The van der Waals surface area contributed by atoms with E-state index in [-0.39, 0.29) is 21.1 Å². The van der Waals surface area contributed by atoms with Gasteiger partial charge in [0, 0.05) is 26.6 Å². The first kappa shape index (κ1) is 13.2. The molecule has 0 amide bonds. The van der Waals surface area contributed by atoms with Crippen molar-refractivity contribution in [2.24, 2.45) is 0 Å². The van der Waals surface area contributed by atoms with Crippen LogP contribution < -0.4 is 0 Å². The van der Waals surface area contributed by atoms with Gasteiger partial charge in [-0.05, 0) is 0 Å². The molecule has 0 saturated heterocycles. The summed E-state index contributed by atoms with van der Waals surface area (Å²) < 4.78 is 0. The summed E-state index contributed by atoms with van der Waals surface area (Å²) in [6.45, 7) is 0. The Balaban J connectivity index is 0. The zero-order valence-corrected chi connectivity index (χ0v) is 9.21. The summed E-state index contributed by atoms with van der Waals surface area (Å²) in [6, 6.07) is 9.10. The fourth-order valence-corrected chi connectivity index (χ4v) is 0.532. The van der Waals surface area contributed by atoms with Gasteiger partial charge in [-0.2, -0.15) is 7.05 Å². The number of hydrogen-bond donors (Lipinski definition) is 0. The Morgan fingerprint density at radius 3 is 1.91 bits per heavy atom. The predicted octanol–water partition coefficient (Wildman–Crippen LogP) is 2.17. The van der Waals surface area contributed by atoms with Crippen LogP contribution in [-0.2, 0) is 21.1 Å². The van der Waals surface area contributed by atoms with E-state index < -0.39 is 0 Å². The molecule has 1 rings (SSSR count). The first-order valence-corrected chi connectivity index (χ1v) is 2.94. The molecule has 0 radical (unpaired) electrons. The van der Waals surface area contributed by atoms with Gasteiger partial charge in [0.2, 0.25) is 0 Å². The maximum atomic E-state index is 10.0. The predicted molar refractivity (Wildman–Crippen MR) is 42.1 cm³/mol. The third kappa shape index (κ3) is 5.96. The van der Waals surface area contributed by atoms with Gasteiger partial charge in [0.05, 0.1) is 0 Å². The van der Waals surface area contributed by atoms with Crippen LogP contribution in [0.1, 0.15) is 10.4 Å². The van der Waals surface area contributed by atoms with Gasteiger partial charge < -0.3 is 5.73 Å². The maximum Gasteiger partial charge on any atom is 0.150 e. The first-order chi connectivity index (χ1) is 4.93. The van der Waals surface area contributed by atoms with Crippen molar-refractivity contribution in [2.45, 2.75) is 0 Å². The molecular formula is C8H10NOW-. The van der Waals surface area contributed by atoms with E-state index in [1.54, 1.807) is 12.1 Å². The Kier molecular flexibility index (Phi) is 11.4. The molecule has 1 aromatic rings. The summed E-state index contributed by atoms with van der Waals surface area (Å²) in [5.74, 6) is 0. The molecule has 1 aromatic carbocycles. The van der Waals surface area contributed by atoms with E-state index in [9.17, 15) is 4.79 Å². The minimum atomic E-state index is 0. The van der Waals surface area contributed by atoms with Crippen LogP contribution in [0.5, 0.6) is 0 Å². The third-order valence-corrected chi connectivity index (χ3v) is 0.936. The minimum absolute atomic E-state index is 0. The normalized spacial score (nSPS) is 6.73. The van der Waals surface area contributed by atoms with Gasteiger partial charge in [-0.1, -0.05) is 30.3 Å². The molecule has 2 nitrogen and oxygen atoms in total. The Morgan fingerprint density at radius 2 is 1.64 bits per heavy atom. The number of rotatable bonds is 1. The summed E-state index contributed by atoms with van der Waals surface area (Å²) in [6.07, 6.45) is 0.833. The van der Waals surface area contributed by atoms with Crippen molar-refractivity contribution < 1.29 is 25.9 Å². The first-order valence-electron chi connectivity index (χ1n) is 2.94. The number of carbonyl (C=O) groups excluding carboxylic acids is 1. The maximum absolute atomic E-state index is 10.0. The zero-order valence-electron chi connectivity index (χ0n) is 6.28. The average Bonchev–Trinajstić information content (AvgIpc) is 2.10. The van der Waals surface area contributed by atoms with Gasteiger partial charge >= 0.3 is 0 Å². The molecular weight excluding hydrogens is 310 g/mol. The van der Waals surface area contributed by atoms with Crippen LogP contribution in [0.3, 0.4) is 0 Å². The minimum Gasteiger partial charge on any atom is -0.680 e. The Bertz CT molecular complexity index is 177. The van der Waals surface area contributed by atoms with E-state index in [1.165, 1.54) is 7.05 Å². The van der Waals surface area contributed by atoms with Crippen LogP contribution in [0.15, 0.2) is 30.3 Å². The molecule has 0 bridgehead atoms. The van der Waals surface area contributed by atoms with Crippen LogP contribution in [0.2, 0.25) is 0 Å². The van der Waals surface area contributed by atoms with E-state index in [0.717, 1.165) is 11.8 Å². The molecule has 0 atom stereocenters.